The average Bonchev–Trinajstić information content (AvgIpc) is 3.09. The topological polar surface area (TPSA) is 107 Å². The van der Waals surface area contributed by atoms with E-state index < -0.39 is 15.3 Å². The van der Waals surface area contributed by atoms with Crippen molar-refractivity contribution < 1.29 is 13.2 Å². The van der Waals surface area contributed by atoms with E-state index in [0.717, 1.165) is 11.3 Å². The van der Waals surface area contributed by atoms with Crippen LogP contribution < -0.4 is 10.5 Å². The number of thioether (sulfide) groups is 1. The van der Waals surface area contributed by atoms with E-state index in [9.17, 15) is 13.2 Å². The molecule has 0 fully saturated rings. The highest BCUT2D eigenvalue weighted by Crippen LogP contribution is 2.27. The van der Waals surface area contributed by atoms with Crippen molar-refractivity contribution in [2.75, 3.05) is 5.32 Å². The molecule has 1 atom stereocenters. The number of aryl methyl sites for hydroxylation is 2. The minimum absolute atomic E-state index is 0.00609. The van der Waals surface area contributed by atoms with Gasteiger partial charge in [0.2, 0.25) is 15.9 Å². The molecule has 9 heteroatoms. The van der Waals surface area contributed by atoms with Crippen LogP contribution in [0.2, 0.25) is 0 Å². The van der Waals surface area contributed by atoms with Crippen molar-refractivity contribution in [2.45, 2.75) is 36.1 Å². The molecule has 0 unspecified atom stereocenters. The van der Waals surface area contributed by atoms with Gasteiger partial charge in [-0.2, -0.15) is 0 Å². The lowest BCUT2D eigenvalue weighted by Gasteiger charge is -2.15. The summed E-state index contributed by atoms with van der Waals surface area (Å²) < 4.78 is 24.6. The lowest BCUT2D eigenvalue weighted by atomic mass is 10.1. The van der Waals surface area contributed by atoms with Crippen LogP contribution >= 0.6 is 11.8 Å². The Morgan fingerprint density at radius 3 is 2.48 bits per heavy atom. The molecule has 1 amide bonds. The predicted octanol–water partition coefficient (Wildman–Crippen LogP) is 3.26. The monoisotopic (exact) mass is 430 g/mol. The fraction of sp³-hybridized carbons (Fsp3) is 0.200. The van der Waals surface area contributed by atoms with Gasteiger partial charge in [0.15, 0.2) is 5.16 Å². The molecule has 152 valence electrons. The van der Waals surface area contributed by atoms with E-state index in [2.05, 4.69) is 16.4 Å². The molecule has 7 nitrogen and oxygen atoms in total. The number of carbonyl (C=O) groups excluding carboxylic acids is 1. The second-order valence-corrected chi connectivity index (χ2v) is 9.56. The number of anilines is 1. The molecule has 0 spiro atoms. The Morgan fingerprint density at radius 2 is 1.86 bits per heavy atom. The van der Waals surface area contributed by atoms with Crippen molar-refractivity contribution in [1.29, 1.82) is 0 Å². The lowest BCUT2D eigenvalue weighted by molar-refractivity contribution is -0.115. The minimum Gasteiger partial charge on any atom is -0.325 e. The molecule has 0 radical (unpaired) electrons. The Bertz CT molecular complexity index is 1140. The molecule has 0 saturated heterocycles. The Labute approximate surface area is 174 Å². The second-order valence-electron chi connectivity index (χ2n) is 6.69. The Hall–Kier alpha value is -2.62. The number of amides is 1. The number of nitrogens with zero attached hydrogens (tertiary/aromatic N) is 2. The van der Waals surface area contributed by atoms with Crippen LogP contribution in [0.25, 0.3) is 5.69 Å². The van der Waals surface area contributed by atoms with Gasteiger partial charge in [-0.3, -0.25) is 9.36 Å². The molecule has 0 bridgehead atoms. The van der Waals surface area contributed by atoms with Crippen LogP contribution in [0.4, 0.5) is 5.69 Å². The lowest BCUT2D eigenvalue weighted by Crippen LogP contribution is -2.23. The molecule has 0 aliphatic carbocycles. The zero-order valence-corrected chi connectivity index (χ0v) is 17.9. The van der Waals surface area contributed by atoms with Crippen molar-refractivity contribution >= 4 is 33.4 Å². The number of nitrogens with one attached hydrogen (secondary N) is 1. The van der Waals surface area contributed by atoms with E-state index in [1.165, 1.54) is 41.6 Å². The van der Waals surface area contributed by atoms with Crippen LogP contribution in [0.3, 0.4) is 0 Å². The number of hydrogen-bond donors (Lipinski definition) is 2. The summed E-state index contributed by atoms with van der Waals surface area (Å²) in [7, 11) is -3.76. The molecule has 2 aromatic carbocycles. The Morgan fingerprint density at radius 1 is 1.17 bits per heavy atom. The quantitative estimate of drug-likeness (QED) is 0.584. The SMILES string of the molecule is Cc1ccc(-n2ccnc2S[C@H](C)C(=O)Nc2ccc(S(N)(=O)=O)cc2)c(C)c1. The van der Waals surface area contributed by atoms with Gasteiger partial charge in [-0.15, -0.1) is 0 Å². The van der Waals surface area contributed by atoms with Gasteiger partial charge in [-0.05, 0) is 56.7 Å². The largest absolute Gasteiger partial charge is 0.325 e. The van der Waals surface area contributed by atoms with E-state index in [-0.39, 0.29) is 10.8 Å². The molecule has 3 rings (SSSR count). The molecular formula is C20H22N4O3S2. The van der Waals surface area contributed by atoms with Crippen molar-refractivity contribution in [3.05, 3.63) is 66.0 Å². The van der Waals surface area contributed by atoms with Crippen LogP contribution in [0.1, 0.15) is 18.1 Å². The van der Waals surface area contributed by atoms with Crippen LogP contribution in [-0.2, 0) is 14.8 Å². The number of imidazole rings is 1. The van der Waals surface area contributed by atoms with E-state index in [4.69, 9.17) is 5.14 Å². The van der Waals surface area contributed by atoms with Crippen molar-refractivity contribution in [1.82, 2.24) is 9.55 Å². The maximum Gasteiger partial charge on any atom is 0.238 e. The van der Waals surface area contributed by atoms with Gasteiger partial charge in [0.25, 0.3) is 0 Å². The standard InChI is InChI=1S/C20H22N4O3S2/c1-13-4-9-18(14(2)12-13)24-11-10-22-20(24)28-15(3)19(25)23-16-5-7-17(8-6-16)29(21,26)27/h4-12,15H,1-3H3,(H,23,25)(H2,21,26,27)/t15-/m1/s1. The van der Waals surface area contributed by atoms with Crippen molar-refractivity contribution in [3.63, 3.8) is 0 Å². The van der Waals surface area contributed by atoms with Gasteiger partial charge in [-0.25, -0.2) is 18.5 Å². The molecule has 0 aliphatic rings. The van der Waals surface area contributed by atoms with Crippen LogP contribution in [0, 0.1) is 13.8 Å². The van der Waals surface area contributed by atoms with Crippen molar-refractivity contribution in [3.8, 4) is 5.69 Å². The summed E-state index contributed by atoms with van der Waals surface area (Å²) in [5, 5.41) is 8.16. The van der Waals surface area contributed by atoms with Gasteiger partial charge in [0.1, 0.15) is 0 Å². The third-order valence-corrected chi connectivity index (χ3v) is 6.33. The van der Waals surface area contributed by atoms with Gasteiger partial charge in [0, 0.05) is 18.1 Å². The molecule has 29 heavy (non-hydrogen) atoms. The zero-order chi connectivity index (χ0) is 21.2. The second kappa shape index (κ2) is 8.40. The zero-order valence-electron chi connectivity index (χ0n) is 16.3. The fourth-order valence-electron chi connectivity index (χ4n) is 2.82. The first-order valence-electron chi connectivity index (χ1n) is 8.86. The maximum atomic E-state index is 12.6. The van der Waals surface area contributed by atoms with E-state index in [1.807, 2.05) is 36.7 Å². The molecule has 3 aromatic rings. The predicted molar refractivity (Wildman–Crippen MR) is 115 cm³/mol. The number of rotatable bonds is 6. The summed E-state index contributed by atoms with van der Waals surface area (Å²) in [5.41, 5.74) is 3.81. The van der Waals surface area contributed by atoms with Crippen molar-refractivity contribution in [2.24, 2.45) is 5.14 Å². The first kappa shape index (κ1) is 21.1. The van der Waals surface area contributed by atoms with Gasteiger partial charge >= 0.3 is 0 Å². The van der Waals surface area contributed by atoms with Crippen LogP contribution in [-0.4, -0.2) is 29.1 Å². The normalized spacial score (nSPS) is 12.6. The van der Waals surface area contributed by atoms with E-state index in [1.54, 1.807) is 13.1 Å². The van der Waals surface area contributed by atoms with Gasteiger partial charge in [-0.1, -0.05) is 29.5 Å². The number of nitrogens with two attached hydrogens (primary N) is 1. The smallest absolute Gasteiger partial charge is 0.238 e. The molecule has 0 saturated carbocycles. The number of aromatic nitrogens is 2. The summed E-state index contributed by atoms with van der Waals surface area (Å²) >= 11 is 1.34. The number of primary sulfonamides is 1. The van der Waals surface area contributed by atoms with Crippen LogP contribution in [0.5, 0.6) is 0 Å². The first-order chi connectivity index (χ1) is 13.6. The summed E-state index contributed by atoms with van der Waals surface area (Å²) in [4.78, 5) is 17.0. The maximum absolute atomic E-state index is 12.6. The highest BCUT2D eigenvalue weighted by atomic mass is 32.2. The molecule has 1 aromatic heterocycles. The summed E-state index contributed by atoms with van der Waals surface area (Å²) in [6.45, 7) is 5.88. The molecule has 1 heterocycles. The number of hydrogen-bond acceptors (Lipinski definition) is 5. The van der Waals surface area contributed by atoms with Gasteiger partial charge in [0.05, 0.1) is 15.8 Å². The third-order valence-electron chi connectivity index (χ3n) is 4.32. The third kappa shape index (κ3) is 5.06. The van der Waals surface area contributed by atoms with Crippen LogP contribution in [0.15, 0.2) is 64.9 Å². The number of sulfonamides is 1. The minimum atomic E-state index is -3.76. The van der Waals surface area contributed by atoms with E-state index >= 15 is 0 Å². The Kier molecular flexibility index (Phi) is 6.11. The summed E-state index contributed by atoms with van der Waals surface area (Å²) in [5.74, 6) is -0.214. The Balaban J connectivity index is 1.72. The average molecular weight is 431 g/mol. The first-order valence-corrected chi connectivity index (χ1v) is 11.3. The van der Waals surface area contributed by atoms with E-state index in [0.29, 0.717) is 10.8 Å². The summed E-state index contributed by atoms with van der Waals surface area (Å²) in [6, 6.07) is 11.9. The molecule has 3 N–H and O–H groups in total. The highest BCUT2D eigenvalue weighted by molar-refractivity contribution is 8.00. The fourth-order valence-corrected chi connectivity index (χ4v) is 4.21. The number of carbonyl (C=O) groups is 1. The summed E-state index contributed by atoms with van der Waals surface area (Å²) in [6.07, 6.45) is 3.58. The molecular weight excluding hydrogens is 408 g/mol. The number of benzene rings is 2. The highest BCUT2D eigenvalue weighted by Gasteiger charge is 2.19. The molecule has 0 aliphatic heterocycles. The van der Waals surface area contributed by atoms with Gasteiger partial charge < -0.3 is 5.32 Å².